The first-order valence-electron chi connectivity index (χ1n) is 10.3. The maximum atomic E-state index is 13.5. The molecule has 4 nitrogen and oxygen atoms in total. The van der Waals surface area contributed by atoms with Crippen LogP contribution in [-0.4, -0.2) is 21.8 Å². The molecular formula is C25H23Cl2N3O. The Labute approximate surface area is 192 Å². The summed E-state index contributed by atoms with van der Waals surface area (Å²) in [6, 6.07) is 21.3. The van der Waals surface area contributed by atoms with Crippen LogP contribution in [0.15, 0.2) is 72.9 Å². The second-order valence-electron chi connectivity index (χ2n) is 7.38. The summed E-state index contributed by atoms with van der Waals surface area (Å²) in [7, 11) is 0. The van der Waals surface area contributed by atoms with Crippen LogP contribution in [0, 0.1) is 0 Å². The molecule has 0 aliphatic carbocycles. The van der Waals surface area contributed by atoms with Crippen molar-refractivity contribution in [2.45, 2.75) is 26.2 Å². The summed E-state index contributed by atoms with van der Waals surface area (Å²) in [6.45, 7) is 2.79. The van der Waals surface area contributed by atoms with Crippen molar-refractivity contribution in [1.82, 2.24) is 9.38 Å². The van der Waals surface area contributed by atoms with E-state index in [1.807, 2.05) is 70.0 Å². The number of hydrogen-bond donors (Lipinski definition) is 0. The van der Waals surface area contributed by atoms with E-state index in [9.17, 15) is 4.79 Å². The van der Waals surface area contributed by atoms with Crippen LogP contribution in [0.25, 0.3) is 16.9 Å². The lowest BCUT2D eigenvalue weighted by molar-refractivity contribution is -0.118. The van der Waals surface area contributed by atoms with Gasteiger partial charge in [0.25, 0.3) is 0 Å². The Hall–Kier alpha value is -2.82. The molecule has 0 aliphatic heterocycles. The lowest BCUT2D eigenvalue weighted by Gasteiger charge is -2.23. The molecule has 2 heterocycles. The first-order chi connectivity index (χ1) is 15.1. The number of carbonyl (C=O) groups excluding carboxylic acids is 1. The summed E-state index contributed by atoms with van der Waals surface area (Å²) < 4.78 is 1.84. The molecule has 31 heavy (non-hydrogen) atoms. The van der Waals surface area contributed by atoms with Gasteiger partial charge in [-0.25, -0.2) is 4.98 Å². The smallest absolute Gasteiger partial charge is 0.233 e. The van der Waals surface area contributed by atoms with E-state index in [1.54, 1.807) is 12.3 Å². The molecule has 0 unspecified atom stereocenters. The van der Waals surface area contributed by atoms with E-state index in [-0.39, 0.29) is 12.3 Å². The zero-order valence-electron chi connectivity index (χ0n) is 17.3. The Balaban J connectivity index is 1.80. The van der Waals surface area contributed by atoms with E-state index in [4.69, 9.17) is 28.2 Å². The number of para-hydroxylation sites is 1. The van der Waals surface area contributed by atoms with Crippen LogP contribution in [-0.2, 0) is 11.2 Å². The molecule has 2 aromatic heterocycles. The number of pyridine rings is 1. The Bertz CT molecular complexity index is 1190. The average molecular weight is 452 g/mol. The van der Waals surface area contributed by atoms with E-state index in [1.165, 1.54) is 0 Å². The average Bonchev–Trinajstić information content (AvgIpc) is 3.14. The SMILES string of the molecule is CCCCN(C(=O)Cc1c(-c2ccccc2)nc2c(Cl)cc(Cl)cn12)c1ccccc1. The molecular weight excluding hydrogens is 429 g/mol. The number of amides is 1. The van der Waals surface area contributed by atoms with Crippen molar-refractivity contribution in [3.05, 3.63) is 88.7 Å². The monoisotopic (exact) mass is 451 g/mol. The zero-order valence-corrected chi connectivity index (χ0v) is 18.8. The van der Waals surface area contributed by atoms with Gasteiger partial charge >= 0.3 is 0 Å². The number of aromatic nitrogens is 2. The molecule has 4 rings (SSSR count). The van der Waals surface area contributed by atoms with Gasteiger partial charge < -0.3 is 9.30 Å². The fourth-order valence-corrected chi connectivity index (χ4v) is 4.19. The van der Waals surface area contributed by atoms with Gasteiger partial charge in [-0.2, -0.15) is 0 Å². The van der Waals surface area contributed by atoms with Gasteiger partial charge in [0.05, 0.1) is 27.9 Å². The molecule has 0 spiro atoms. The van der Waals surface area contributed by atoms with Gasteiger partial charge in [-0.15, -0.1) is 0 Å². The summed E-state index contributed by atoms with van der Waals surface area (Å²) in [6.07, 6.45) is 3.88. The van der Waals surface area contributed by atoms with Crippen LogP contribution in [0.5, 0.6) is 0 Å². The van der Waals surface area contributed by atoms with Gasteiger partial charge in [0.2, 0.25) is 5.91 Å². The van der Waals surface area contributed by atoms with Gasteiger partial charge in [-0.1, -0.05) is 85.1 Å². The maximum absolute atomic E-state index is 13.5. The normalized spacial score (nSPS) is 11.1. The third-order valence-corrected chi connectivity index (χ3v) is 5.70. The van der Waals surface area contributed by atoms with Crippen LogP contribution in [0.2, 0.25) is 10.0 Å². The predicted octanol–water partition coefficient (Wildman–Crippen LogP) is 6.68. The number of fused-ring (bicyclic) bond motifs is 1. The quantitative estimate of drug-likeness (QED) is 0.314. The highest BCUT2D eigenvalue weighted by molar-refractivity contribution is 6.36. The molecule has 158 valence electrons. The van der Waals surface area contributed by atoms with Gasteiger partial charge in [-0.05, 0) is 24.6 Å². The van der Waals surface area contributed by atoms with Gasteiger partial charge in [0, 0.05) is 24.0 Å². The predicted molar refractivity (Wildman–Crippen MR) is 128 cm³/mol. The van der Waals surface area contributed by atoms with Crippen molar-refractivity contribution < 1.29 is 4.79 Å². The molecule has 0 N–H and O–H groups in total. The largest absolute Gasteiger partial charge is 0.312 e. The minimum Gasteiger partial charge on any atom is -0.312 e. The van der Waals surface area contributed by atoms with Gasteiger partial charge in [0.1, 0.15) is 0 Å². The molecule has 4 aromatic rings. The Morgan fingerprint density at radius 1 is 1.03 bits per heavy atom. The first-order valence-corrected chi connectivity index (χ1v) is 11.1. The molecule has 0 aliphatic rings. The van der Waals surface area contributed by atoms with Crippen LogP contribution < -0.4 is 4.90 Å². The minimum atomic E-state index is 0.00901. The third kappa shape index (κ3) is 4.60. The Morgan fingerprint density at radius 3 is 2.39 bits per heavy atom. The van der Waals surface area contributed by atoms with Crippen LogP contribution in [0.1, 0.15) is 25.5 Å². The summed E-state index contributed by atoms with van der Waals surface area (Å²) >= 11 is 12.7. The Morgan fingerprint density at radius 2 is 1.71 bits per heavy atom. The van der Waals surface area contributed by atoms with Crippen molar-refractivity contribution in [2.75, 3.05) is 11.4 Å². The van der Waals surface area contributed by atoms with E-state index in [0.717, 1.165) is 35.5 Å². The summed E-state index contributed by atoms with van der Waals surface area (Å²) in [5.41, 5.74) is 3.93. The number of halogens is 2. The fourth-order valence-electron chi connectivity index (χ4n) is 3.68. The number of unbranched alkanes of at least 4 members (excludes halogenated alkanes) is 1. The number of carbonyl (C=O) groups is 1. The maximum Gasteiger partial charge on any atom is 0.233 e. The number of imidazole rings is 1. The number of nitrogens with zero attached hydrogens (tertiary/aromatic N) is 3. The molecule has 0 atom stereocenters. The standard InChI is InChI=1S/C25H23Cl2N3O/c1-2-3-14-29(20-12-8-5-9-13-20)23(31)16-22-24(18-10-6-4-7-11-18)28-25-21(27)15-19(26)17-30(22)25/h4-13,15,17H,2-3,14,16H2,1H3. The van der Waals surface area contributed by atoms with E-state index >= 15 is 0 Å². The highest BCUT2D eigenvalue weighted by Crippen LogP contribution is 2.30. The zero-order chi connectivity index (χ0) is 21.8. The van der Waals surface area contributed by atoms with Gasteiger partial charge in [0.15, 0.2) is 5.65 Å². The molecule has 0 saturated heterocycles. The number of anilines is 1. The first kappa shape index (κ1) is 21.4. The fraction of sp³-hybridized carbons (Fsp3) is 0.200. The van der Waals surface area contributed by atoms with Crippen molar-refractivity contribution >= 4 is 40.4 Å². The lowest BCUT2D eigenvalue weighted by Crippen LogP contribution is -2.33. The van der Waals surface area contributed by atoms with Crippen LogP contribution >= 0.6 is 23.2 Å². The third-order valence-electron chi connectivity index (χ3n) is 5.21. The van der Waals surface area contributed by atoms with Crippen LogP contribution in [0.3, 0.4) is 0 Å². The van der Waals surface area contributed by atoms with Crippen molar-refractivity contribution in [3.8, 4) is 11.3 Å². The number of hydrogen-bond acceptors (Lipinski definition) is 2. The second-order valence-corrected chi connectivity index (χ2v) is 8.23. The minimum absolute atomic E-state index is 0.00901. The van der Waals surface area contributed by atoms with Crippen molar-refractivity contribution in [2.24, 2.45) is 0 Å². The highest BCUT2D eigenvalue weighted by atomic mass is 35.5. The molecule has 0 saturated carbocycles. The van der Waals surface area contributed by atoms with E-state index < -0.39 is 0 Å². The van der Waals surface area contributed by atoms with Crippen molar-refractivity contribution in [3.63, 3.8) is 0 Å². The summed E-state index contributed by atoms with van der Waals surface area (Å²) in [4.78, 5) is 20.2. The molecule has 2 aromatic carbocycles. The number of rotatable bonds is 7. The van der Waals surface area contributed by atoms with E-state index in [2.05, 4.69) is 6.92 Å². The Kier molecular flexibility index (Phi) is 6.59. The molecule has 0 radical (unpaired) electrons. The second kappa shape index (κ2) is 9.54. The summed E-state index contributed by atoms with van der Waals surface area (Å²) in [5.74, 6) is 0.00901. The van der Waals surface area contributed by atoms with Crippen LogP contribution in [0.4, 0.5) is 5.69 Å². The lowest BCUT2D eigenvalue weighted by atomic mass is 10.1. The van der Waals surface area contributed by atoms with Gasteiger partial charge in [-0.3, -0.25) is 4.79 Å². The summed E-state index contributed by atoms with van der Waals surface area (Å²) in [5, 5.41) is 0.948. The highest BCUT2D eigenvalue weighted by Gasteiger charge is 2.22. The van der Waals surface area contributed by atoms with E-state index in [0.29, 0.717) is 22.2 Å². The topological polar surface area (TPSA) is 37.6 Å². The number of benzene rings is 2. The molecule has 0 fully saturated rings. The molecule has 1 amide bonds. The molecule has 0 bridgehead atoms. The molecule has 6 heteroatoms. The van der Waals surface area contributed by atoms with Crippen molar-refractivity contribution in [1.29, 1.82) is 0 Å².